The molecule has 0 spiro atoms. The summed E-state index contributed by atoms with van der Waals surface area (Å²) in [5.74, 6) is 1.32. The number of anilines is 1. The summed E-state index contributed by atoms with van der Waals surface area (Å²) >= 11 is 5.94. The molecule has 0 saturated carbocycles. The Balaban J connectivity index is 1.43. The van der Waals surface area contributed by atoms with E-state index < -0.39 is 0 Å². The summed E-state index contributed by atoms with van der Waals surface area (Å²) in [5, 5.41) is 0.757. The van der Waals surface area contributed by atoms with E-state index in [0.29, 0.717) is 19.1 Å². The first-order chi connectivity index (χ1) is 12.2. The Bertz CT molecular complexity index is 684. The molecule has 1 aromatic carbocycles. The summed E-state index contributed by atoms with van der Waals surface area (Å²) in [4.78, 5) is 12.8. The second kappa shape index (κ2) is 8.58. The summed E-state index contributed by atoms with van der Waals surface area (Å²) < 4.78 is 5.57. The van der Waals surface area contributed by atoms with E-state index >= 15 is 0 Å². The summed E-state index contributed by atoms with van der Waals surface area (Å²) in [5.41, 5.74) is 7.29. The molecule has 1 aliphatic rings. The predicted molar refractivity (Wildman–Crippen MR) is 101 cm³/mol. The molecule has 1 fully saturated rings. The Hall–Kier alpha value is -2.47. The number of hydrogen-bond donors (Lipinski definition) is 1. The molecule has 25 heavy (non-hydrogen) atoms. The molecule has 0 atom stereocenters. The minimum Gasteiger partial charge on any atom is -0.490 e. The van der Waals surface area contributed by atoms with E-state index in [1.807, 2.05) is 36.4 Å². The van der Waals surface area contributed by atoms with E-state index in [-0.39, 0.29) is 0 Å². The maximum absolute atomic E-state index is 6.10. The Labute approximate surface area is 152 Å². The van der Waals surface area contributed by atoms with Gasteiger partial charge in [0.25, 0.3) is 0 Å². The van der Waals surface area contributed by atoms with Gasteiger partial charge in [-0.05, 0) is 36.4 Å². The number of ether oxygens (including phenoxy) is 1. The number of aromatic nitrogens is 1. The number of piperazine rings is 1. The van der Waals surface area contributed by atoms with Crippen molar-refractivity contribution in [3.05, 3.63) is 53.8 Å². The molecule has 7 heteroatoms. The molecule has 6 nitrogen and oxygen atoms in total. The fourth-order valence-corrected chi connectivity index (χ4v) is 2.83. The van der Waals surface area contributed by atoms with E-state index in [1.54, 1.807) is 12.4 Å². The van der Waals surface area contributed by atoms with E-state index in [9.17, 15) is 0 Å². The Kier molecular flexibility index (Phi) is 5.95. The van der Waals surface area contributed by atoms with Crippen LogP contribution in [0.4, 0.5) is 5.69 Å². The number of benzene rings is 1. The first-order valence-electron chi connectivity index (χ1n) is 8.30. The first-order valence-corrected chi connectivity index (χ1v) is 8.68. The topological polar surface area (TPSA) is 67.0 Å². The second-order valence-electron chi connectivity index (χ2n) is 5.73. The number of aliphatic imine (C=N–C) groups is 1. The minimum absolute atomic E-state index is 0.483. The Morgan fingerprint density at radius 1 is 1.16 bits per heavy atom. The van der Waals surface area contributed by atoms with Gasteiger partial charge in [0.2, 0.25) is 0 Å². The molecule has 1 saturated heterocycles. The van der Waals surface area contributed by atoms with Crippen LogP contribution in [0.1, 0.15) is 0 Å². The van der Waals surface area contributed by atoms with Crippen molar-refractivity contribution in [1.82, 2.24) is 9.88 Å². The molecule has 132 valence electrons. The van der Waals surface area contributed by atoms with E-state index in [2.05, 4.69) is 19.8 Å². The molecule has 0 aliphatic carbocycles. The van der Waals surface area contributed by atoms with Gasteiger partial charge < -0.3 is 20.3 Å². The van der Waals surface area contributed by atoms with E-state index in [1.165, 1.54) is 5.69 Å². The monoisotopic (exact) mass is 359 g/mol. The lowest BCUT2D eigenvalue weighted by atomic mass is 10.2. The number of halogens is 1. The highest BCUT2D eigenvalue weighted by Crippen LogP contribution is 2.19. The van der Waals surface area contributed by atoms with Crippen molar-refractivity contribution < 1.29 is 4.74 Å². The van der Waals surface area contributed by atoms with Crippen molar-refractivity contribution in [3.8, 4) is 5.75 Å². The first kappa shape index (κ1) is 17.4. The minimum atomic E-state index is 0.483. The largest absolute Gasteiger partial charge is 0.490 e. The van der Waals surface area contributed by atoms with Gasteiger partial charge in [0.05, 0.1) is 12.7 Å². The molecular formula is C18H22ClN5O. The number of rotatable bonds is 5. The van der Waals surface area contributed by atoms with Crippen LogP contribution in [-0.2, 0) is 0 Å². The quantitative estimate of drug-likeness (QED) is 0.504. The van der Waals surface area contributed by atoms with Crippen LogP contribution in [-0.4, -0.2) is 55.2 Å². The molecule has 1 aromatic heterocycles. The zero-order valence-corrected chi connectivity index (χ0v) is 14.8. The van der Waals surface area contributed by atoms with Crippen LogP contribution in [0.2, 0.25) is 5.02 Å². The van der Waals surface area contributed by atoms with E-state index in [4.69, 9.17) is 22.1 Å². The summed E-state index contributed by atoms with van der Waals surface area (Å²) in [7, 11) is 0. The predicted octanol–water partition coefficient (Wildman–Crippen LogP) is 2.25. The fourth-order valence-electron chi connectivity index (χ4n) is 2.70. The SMILES string of the molecule is NC(=NCCOc1cccnc1)N1CCN(c2ccc(Cl)cc2)CC1. The molecule has 0 bridgehead atoms. The lowest BCUT2D eigenvalue weighted by Gasteiger charge is -2.36. The third-order valence-corrected chi connectivity index (χ3v) is 4.32. The zero-order valence-electron chi connectivity index (χ0n) is 14.0. The van der Waals surface area contributed by atoms with Crippen molar-refractivity contribution in [2.24, 2.45) is 10.7 Å². The normalized spacial score (nSPS) is 15.3. The zero-order chi connectivity index (χ0) is 17.5. The maximum atomic E-state index is 6.10. The average molecular weight is 360 g/mol. The van der Waals surface area contributed by atoms with Gasteiger partial charge >= 0.3 is 0 Å². The summed E-state index contributed by atoms with van der Waals surface area (Å²) in [6.45, 7) is 4.52. The smallest absolute Gasteiger partial charge is 0.191 e. The lowest BCUT2D eigenvalue weighted by Crippen LogP contribution is -2.51. The van der Waals surface area contributed by atoms with Crippen LogP contribution in [0, 0.1) is 0 Å². The van der Waals surface area contributed by atoms with Gasteiger partial charge in [-0.2, -0.15) is 0 Å². The van der Waals surface area contributed by atoms with Crippen LogP contribution in [0.3, 0.4) is 0 Å². The van der Waals surface area contributed by atoms with Crippen molar-refractivity contribution in [2.45, 2.75) is 0 Å². The average Bonchev–Trinajstić information content (AvgIpc) is 2.67. The molecule has 0 amide bonds. The highest BCUT2D eigenvalue weighted by molar-refractivity contribution is 6.30. The van der Waals surface area contributed by atoms with Crippen LogP contribution in [0.5, 0.6) is 5.75 Å². The number of pyridine rings is 1. The van der Waals surface area contributed by atoms with Gasteiger partial charge in [-0.25, -0.2) is 4.99 Å². The van der Waals surface area contributed by atoms with Crippen LogP contribution >= 0.6 is 11.6 Å². The van der Waals surface area contributed by atoms with Crippen molar-refractivity contribution >= 4 is 23.2 Å². The van der Waals surface area contributed by atoms with Crippen molar-refractivity contribution in [3.63, 3.8) is 0 Å². The van der Waals surface area contributed by atoms with Crippen LogP contribution in [0.15, 0.2) is 53.8 Å². The molecule has 3 rings (SSSR count). The number of guanidine groups is 1. The second-order valence-corrected chi connectivity index (χ2v) is 6.16. The third-order valence-electron chi connectivity index (χ3n) is 4.06. The van der Waals surface area contributed by atoms with Gasteiger partial charge in [-0.3, -0.25) is 4.98 Å². The Morgan fingerprint density at radius 3 is 2.60 bits per heavy atom. The van der Waals surface area contributed by atoms with Gasteiger partial charge in [-0.1, -0.05) is 11.6 Å². The maximum Gasteiger partial charge on any atom is 0.191 e. The summed E-state index contributed by atoms with van der Waals surface area (Å²) in [6, 6.07) is 11.6. The highest BCUT2D eigenvalue weighted by Gasteiger charge is 2.18. The van der Waals surface area contributed by atoms with Crippen LogP contribution in [0.25, 0.3) is 0 Å². The van der Waals surface area contributed by atoms with Crippen molar-refractivity contribution in [2.75, 3.05) is 44.2 Å². The molecular weight excluding hydrogens is 338 g/mol. The third kappa shape index (κ3) is 5.00. The number of hydrogen-bond acceptors (Lipinski definition) is 4. The lowest BCUT2D eigenvalue weighted by molar-refractivity contribution is 0.325. The van der Waals surface area contributed by atoms with Gasteiger partial charge in [-0.15, -0.1) is 0 Å². The van der Waals surface area contributed by atoms with Crippen LogP contribution < -0.4 is 15.4 Å². The van der Waals surface area contributed by atoms with Gasteiger partial charge in [0.15, 0.2) is 5.96 Å². The Morgan fingerprint density at radius 2 is 1.92 bits per heavy atom. The molecule has 1 aliphatic heterocycles. The van der Waals surface area contributed by atoms with Gasteiger partial charge in [0, 0.05) is 43.1 Å². The fraction of sp³-hybridized carbons (Fsp3) is 0.333. The van der Waals surface area contributed by atoms with E-state index in [0.717, 1.165) is 37.0 Å². The van der Waals surface area contributed by atoms with Crippen molar-refractivity contribution in [1.29, 1.82) is 0 Å². The highest BCUT2D eigenvalue weighted by atomic mass is 35.5. The molecule has 2 N–H and O–H groups in total. The number of nitrogens with zero attached hydrogens (tertiary/aromatic N) is 4. The molecule has 0 radical (unpaired) electrons. The van der Waals surface area contributed by atoms with Gasteiger partial charge in [0.1, 0.15) is 12.4 Å². The molecule has 0 unspecified atom stereocenters. The molecule has 2 aromatic rings. The summed E-state index contributed by atoms with van der Waals surface area (Å²) in [6.07, 6.45) is 3.40. The number of nitrogens with two attached hydrogens (primary N) is 1. The molecule has 2 heterocycles. The standard InChI is InChI=1S/C18H22ClN5O/c19-15-3-5-16(6-4-15)23-9-11-24(12-10-23)18(20)22-8-13-25-17-2-1-7-21-14-17/h1-7,14H,8-13H2,(H2,20,22).